The molecule has 3 aromatic rings. The van der Waals surface area contributed by atoms with Gasteiger partial charge in [0.15, 0.2) is 11.5 Å². The first-order valence-electron chi connectivity index (χ1n) is 10.6. The van der Waals surface area contributed by atoms with Crippen molar-refractivity contribution in [2.75, 3.05) is 18.5 Å². The fraction of sp³-hybridized carbons (Fsp3) is 0.292. The van der Waals surface area contributed by atoms with Crippen LogP contribution in [0.1, 0.15) is 42.9 Å². The van der Waals surface area contributed by atoms with E-state index in [-0.39, 0.29) is 5.69 Å². The summed E-state index contributed by atoms with van der Waals surface area (Å²) in [7, 11) is 0. The number of benzene rings is 2. The third-order valence-electron chi connectivity index (χ3n) is 4.75. The topological polar surface area (TPSA) is 112 Å². The number of carbonyl (C=O) groups is 2. The molecule has 0 aliphatic carbocycles. The molecule has 9 nitrogen and oxygen atoms in total. The van der Waals surface area contributed by atoms with Crippen molar-refractivity contribution in [2.45, 2.75) is 33.4 Å². The van der Waals surface area contributed by atoms with Gasteiger partial charge in [-0.1, -0.05) is 6.07 Å². The van der Waals surface area contributed by atoms with E-state index >= 15 is 0 Å². The molecule has 33 heavy (non-hydrogen) atoms. The van der Waals surface area contributed by atoms with E-state index in [1.165, 1.54) is 23.9 Å². The maximum absolute atomic E-state index is 12.6. The highest BCUT2D eigenvalue weighted by atomic mass is 16.5. The van der Waals surface area contributed by atoms with Crippen LogP contribution in [0.4, 0.5) is 5.69 Å². The van der Waals surface area contributed by atoms with Crippen LogP contribution in [0.5, 0.6) is 17.2 Å². The highest BCUT2D eigenvalue weighted by Crippen LogP contribution is 2.29. The molecule has 1 atom stereocenters. The number of carboxylic acid groups (broad SMARTS) is 1. The van der Waals surface area contributed by atoms with E-state index in [1.807, 2.05) is 32.0 Å². The Morgan fingerprint density at radius 3 is 2.36 bits per heavy atom. The molecule has 0 aliphatic rings. The zero-order chi connectivity index (χ0) is 23.8. The summed E-state index contributed by atoms with van der Waals surface area (Å²) in [4.78, 5) is 23.8. The third kappa shape index (κ3) is 6.03. The van der Waals surface area contributed by atoms with E-state index < -0.39 is 17.9 Å². The summed E-state index contributed by atoms with van der Waals surface area (Å²) in [6.45, 7) is 6.72. The SMILES string of the molecule is CCOc1ccc(COc2ccc(NC(=O)c3ccnn3C(C)C(=O)O)cc2)cc1OCC. The number of hydrogen-bond donors (Lipinski definition) is 2. The summed E-state index contributed by atoms with van der Waals surface area (Å²) < 4.78 is 18.2. The smallest absolute Gasteiger partial charge is 0.328 e. The summed E-state index contributed by atoms with van der Waals surface area (Å²) in [5.41, 5.74) is 1.63. The van der Waals surface area contributed by atoms with Gasteiger partial charge in [-0.05, 0) is 68.8 Å². The van der Waals surface area contributed by atoms with Crippen molar-refractivity contribution in [2.24, 2.45) is 0 Å². The largest absolute Gasteiger partial charge is 0.490 e. The number of nitrogens with one attached hydrogen (secondary N) is 1. The molecule has 174 valence electrons. The van der Waals surface area contributed by atoms with Gasteiger partial charge in [-0.15, -0.1) is 0 Å². The Morgan fingerprint density at radius 2 is 1.70 bits per heavy atom. The summed E-state index contributed by atoms with van der Waals surface area (Å²) >= 11 is 0. The van der Waals surface area contributed by atoms with E-state index in [1.54, 1.807) is 24.3 Å². The molecular formula is C24H27N3O6. The molecule has 3 rings (SSSR count). The minimum atomic E-state index is -1.07. The second-order valence-electron chi connectivity index (χ2n) is 7.09. The number of amides is 1. The lowest BCUT2D eigenvalue weighted by atomic mass is 10.2. The molecule has 0 aliphatic heterocycles. The van der Waals surface area contributed by atoms with Gasteiger partial charge in [0.2, 0.25) is 0 Å². The fourth-order valence-corrected chi connectivity index (χ4v) is 3.09. The van der Waals surface area contributed by atoms with Crippen LogP contribution in [0.3, 0.4) is 0 Å². The lowest BCUT2D eigenvalue weighted by molar-refractivity contribution is -0.140. The first-order valence-corrected chi connectivity index (χ1v) is 10.6. The van der Waals surface area contributed by atoms with E-state index in [4.69, 9.17) is 14.2 Å². The Morgan fingerprint density at radius 1 is 1.00 bits per heavy atom. The molecular weight excluding hydrogens is 426 g/mol. The zero-order valence-electron chi connectivity index (χ0n) is 18.8. The molecule has 0 bridgehead atoms. The first kappa shape index (κ1) is 23.6. The van der Waals surface area contributed by atoms with E-state index in [2.05, 4.69) is 10.4 Å². The maximum atomic E-state index is 12.6. The van der Waals surface area contributed by atoms with Gasteiger partial charge in [0.05, 0.1) is 13.2 Å². The van der Waals surface area contributed by atoms with Crippen molar-refractivity contribution >= 4 is 17.6 Å². The van der Waals surface area contributed by atoms with Crippen LogP contribution >= 0.6 is 0 Å². The Balaban J connectivity index is 1.61. The highest BCUT2D eigenvalue weighted by molar-refractivity contribution is 6.03. The van der Waals surface area contributed by atoms with Crippen LogP contribution in [-0.2, 0) is 11.4 Å². The van der Waals surface area contributed by atoms with Crippen LogP contribution < -0.4 is 19.5 Å². The van der Waals surface area contributed by atoms with Crippen molar-refractivity contribution in [1.29, 1.82) is 0 Å². The molecule has 0 saturated carbocycles. The van der Waals surface area contributed by atoms with Crippen LogP contribution in [0.2, 0.25) is 0 Å². The fourth-order valence-electron chi connectivity index (χ4n) is 3.09. The number of hydrogen-bond acceptors (Lipinski definition) is 6. The number of anilines is 1. The summed E-state index contributed by atoms with van der Waals surface area (Å²) in [6.07, 6.45) is 1.39. The Bertz CT molecular complexity index is 1090. The van der Waals surface area contributed by atoms with Gasteiger partial charge in [0.1, 0.15) is 24.1 Å². The number of ether oxygens (including phenoxy) is 3. The number of aliphatic carboxylic acids is 1. The minimum Gasteiger partial charge on any atom is -0.490 e. The lowest BCUT2D eigenvalue weighted by Gasteiger charge is -2.13. The molecule has 1 amide bonds. The Hall–Kier alpha value is -4.01. The molecule has 2 N–H and O–H groups in total. The summed E-state index contributed by atoms with van der Waals surface area (Å²) in [6, 6.07) is 13.1. The number of rotatable bonds is 11. The van der Waals surface area contributed by atoms with Crippen molar-refractivity contribution < 1.29 is 28.9 Å². The highest BCUT2D eigenvalue weighted by Gasteiger charge is 2.21. The summed E-state index contributed by atoms with van der Waals surface area (Å²) in [5.74, 6) is 0.476. The van der Waals surface area contributed by atoms with Gasteiger partial charge in [-0.2, -0.15) is 5.10 Å². The van der Waals surface area contributed by atoms with Crippen LogP contribution in [0.15, 0.2) is 54.7 Å². The van der Waals surface area contributed by atoms with Crippen molar-refractivity contribution in [3.63, 3.8) is 0 Å². The number of nitrogens with zero attached hydrogens (tertiary/aromatic N) is 2. The van der Waals surface area contributed by atoms with Gasteiger partial charge in [-0.3, -0.25) is 4.79 Å². The third-order valence-corrected chi connectivity index (χ3v) is 4.75. The quantitative estimate of drug-likeness (QED) is 0.448. The van der Waals surface area contributed by atoms with Crippen LogP contribution in [0, 0.1) is 0 Å². The van der Waals surface area contributed by atoms with E-state index in [0.717, 1.165) is 5.56 Å². The van der Waals surface area contributed by atoms with Crippen LogP contribution in [0.25, 0.3) is 0 Å². The molecule has 1 aromatic heterocycles. The van der Waals surface area contributed by atoms with Crippen molar-refractivity contribution in [3.05, 3.63) is 66.0 Å². The molecule has 2 aromatic carbocycles. The van der Waals surface area contributed by atoms with Gasteiger partial charge in [0, 0.05) is 11.9 Å². The predicted molar refractivity (Wildman–Crippen MR) is 122 cm³/mol. The average molecular weight is 453 g/mol. The van der Waals surface area contributed by atoms with E-state index in [0.29, 0.717) is 42.8 Å². The average Bonchev–Trinajstić information content (AvgIpc) is 3.30. The molecule has 0 saturated heterocycles. The van der Waals surface area contributed by atoms with Gasteiger partial charge in [0.25, 0.3) is 5.91 Å². The monoisotopic (exact) mass is 453 g/mol. The maximum Gasteiger partial charge on any atom is 0.328 e. The molecule has 1 unspecified atom stereocenters. The van der Waals surface area contributed by atoms with Gasteiger partial charge < -0.3 is 24.6 Å². The van der Waals surface area contributed by atoms with Gasteiger partial charge >= 0.3 is 5.97 Å². The van der Waals surface area contributed by atoms with Crippen LogP contribution in [-0.4, -0.2) is 40.0 Å². The predicted octanol–water partition coefficient (Wildman–Crippen LogP) is 4.16. The molecule has 9 heteroatoms. The molecule has 0 radical (unpaired) electrons. The minimum absolute atomic E-state index is 0.158. The number of aromatic nitrogens is 2. The first-order chi connectivity index (χ1) is 15.9. The second-order valence-corrected chi connectivity index (χ2v) is 7.09. The lowest BCUT2D eigenvalue weighted by Crippen LogP contribution is -2.24. The molecule has 0 spiro atoms. The molecule has 1 heterocycles. The Labute approximate surface area is 191 Å². The van der Waals surface area contributed by atoms with Gasteiger partial charge in [-0.25, -0.2) is 9.48 Å². The number of carboxylic acids is 1. The van der Waals surface area contributed by atoms with Crippen molar-refractivity contribution in [3.8, 4) is 17.2 Å². The standard InChI is InChI=1S/C24H27N3O6/c1-4-31-21-11-6-17(14-22(21)32-5-2)15-33-19-9-7-18(8-10-19)26-23(28)20-12-13-25-27(20)16(3)24(29)30/h6-14,16H,4-5,15H2,1-3H3,(H,26,28)(H,29,30). The number of carbonyl (C=O) groups excluding carboxylic acids is 1. The van der Waals surface area contributed by atoms with E-state index in [9.17, 15) is 14.7 Å². The normalized spacial score (nSPS) is 11.5. The second kappa shape index (κ2) is 11.0. The van der Waals surface area contributed by atoms with Crippen molar-refractivity contribution in [1.82, 2.24) is 9.78 Å². The zero-order valence-corrected chi connectivity index (χ0v) is 18.8. The Kier molecular flexibility index (Phi) is 7.91. The summed E-state index contributed by atoms with van der Waals surface area (Å²) in [5, 5.41) is 15.9. The molecule has 0 fully saturated rings.